The Morgan fingerprint density at radius 1 is 1.31 bits per heavy atom. The van der Waals surface area contributed by atoms with Crippen molar-refractivity contribution < 1.29 is 0 Å². The summed E-state index contributed by atoms with van der Waals surface area (Å²) in [5.74, 6) is 0.778. The highest BCUT2D eigenvalue weighted by Gasteiger charge is 2.15. The van der Waals surface area contributed by atoms with Gasteiger partial charge in [0.05, 0.1) is 11.9 Å². The monoisotopic (exact) mass is 283 g/mol. The highest BCUT2D eigenvalue weighted by atomic mass is 79.9. The summed E-state index contributed by atoms with van der Waals surface area (Å²) >= 11 is 3.31. The van der Waals surface area contributed by atoms with Crippen molar-refractivity contribution in [1.29, 1.82) is 0 Å². The first-order valence-electron chi connectivity index (χ1n) is 5.89. The molecule has 0 aliphatic carbocycles. The van der Waals surface area contributed by atoms with Crippen LogP contribution in [0.3, 0.4) is 0 Å². The molecule has 0 amide bonds. The molecule has 1 aliphatic rings. The number of hydrogen-bond donors (Lipinski definition) is 0. The fourth-order valence-corrected chi connectivity index (χ4v) is 2.46. The minimum absolute atomic E-state index is 0.778. The minimum Gasteiger partial charge on any atom is -0.306 e. The number of likely N-dealkylation sites (tertiary alicyclic amines) is 1. The summed E-state index contributed by atoms with van der Waals surface area (Å²) in [6.07, 6.45) is 8.67. The zero-order chi connectivity index (χ0) is 11.4. The van der Waals surface area contributed by atoms with E-state index in [0.717, 1.165) is 22.6 Å². The summed E-state index contributed by atoms with van der Waals surface area (Å²) in [5, 5.41) is 0. The molecule has 0 spiro atoms. The van der Waals surface area contributed by atoms with E-state index in [1.54, 1.807) is 6.20 Å². The second-order valence-corrected chi connectivity index (χ2v) is 5.45. The van der Waals surface area contributed by atoms with Gasteiger partial charge in [0, 0.05) is 6.20 Å². The molecule has 1 saturated heterocycles. The van der Waals surface area contributed by atoms with Crippen LogP contribution in [0, 0.1) is 5.92 Å². The third-order valence-electron chi connectivity index (χ3n) is 3.24. The Hall–Kier alpha value is -0.480. The van der Waals surface area contributed by atoms with Crippen molar-refractivity contribution in [1.82, 2.24) is 14.9 Å². The minimum atomic E-state index is 0.778. The maximum atomic E-state index is 4.40. The van der Waals surface area contributed by atoms with Gasteiger partial charge in [-0.2, -0.15) is 0 Å². The van der Waals surface area contributed by atoms with Crippen molar-refractivity contribution in [2.45, 2.75) is 25.7 Å². The van der Waals surface area contributed by atoms with E-state index in [4.69, 9.17) is 0 Å². The number of hydrogen-bond acceptors (Lipinski definition) is 3. The third-order valence-corrected chi connectivity index (χ3v) is 3.65. The maximum absolute atomic E-state index is 4.40. The van der Waals surface area contributed by atoms with Crippen LogP contribution in [-0.4, -0.2) is 35.0 Å². The number of rotatable bonds is 2. The molecule has 16 heavy (non-hydrogen) atoms. The molecule has 1 fully saturated rings. The van der Waals surface area contributed by atoms with E-state index in [1.165, 1.54) is 32.4 Å². The molecule has 1 aliphatic heterocycles. The number of halogens is 1. The Balaban J connectivity index is 1.91. The quantitative estimate of drug-likeness (QED) is 0.835. The Morgan fingerprint density at radius 3 is 2.94 bits per heavy atom. The molecule has 0 radical (unpaired) electrons. The first-order valence-corrected chi connectivity index (χ1v) is 6.68. The van der Waals surface area contributed by atoms with Crippen LogP contribution in [0.4, 0.5) is 0 Å². The van der Waals surface area contributed by atoms with Crippen LogP contribution < -0.4 is 0 Å². The predicted molar refractivity (Wildman–Crippen MR) is 68.3 cm³/mol. The highest BCUT2D eigenvalue weighted by Crippen LogP contribution is 2.20. The van der Waals surface area contributed by atoms with Crippen LogP contribution in [0.2, 0.25) is 0 Å². The van der Waals surface area contributed by atoms with E-state index in [2.05, 4.69) is 37.8 Å². The van der Waals surface area contributed by atoms with Crippen LogP contribution in [0.15, 0.2) is 17.0 Å². The predicted octanol–water partition coefficient (Wildman–Crippen LogP) is 2.51. The summed E-state index contributed by atoms with van der Waals surface area (Å²) in [6.45, 7) is 2.46. The molecule has 1 aromatic rings. The summed E-state index contributed by atoms with van der Waals surface area (Å²) in [6, 6.07) is 0. The van der Waals surface area contributed by atoms with Gasteiger partial charge in [-0.3, -0.25) is 4.98 Å². The fraction of sp³-hybridized carbons (Fsp3) is 0.667. The molecule has 2 heterocycles. The van der Waals surface area contributed by atoms with Gasteiger partial charge in [-0.15, -0.1) is 0 Å². The van der Waals surface area contributed by atoms with Gasteiger partial charge in [-0.25, -0.2) is 4.98 Å². The highest BCUT2D eigenvalue weighted by molar-refractivity contribution is 9.10. The molecule has 0 N–H and O–H groups in total. The summed E-state index contributed by atoms with van der Waals surface area (Å²) in [4.78, 5) is 11.0. The van der Waals surface area contributed by atoms with Crippen LogP contribution in [-0.2, 0) is 6.42 Å². The van der Waals surface area contributed by atoms with Crippen molar-refractivity contribution in [3.05, 3.63) is 22.7 Å². The summed E-state index contributed by atoms with van der Waals surface area (Å²) in [7, 11) is 2.21. The van der Waals surface area contributed by atoms with Crippen LogP contribution in [0.1, 0.15) is 25.0 Å². The van der Waals surface area contributed by atoms with Crippen molar-refractivity contribution >= 4 is 15.9 Å². The Bertz CT molecular complexity index is 326. The number of nitrogens with zero attached hydrogens (tertiary/aromatic N) is 3. The molecule has 1 aromatic heterocycles. The van der Waals surface area contributed by atoms with Gasteiger partial charge in [0.25, 0.3) is 0 Å². The van der Waals surface area contributed by atoms with Gasteiger partial charge in [-0.1, -0.05) is 0 Å². The SMILES string of the molecule is CN1CCC[C@H](Cc2cnc(Br)cn2)CC1. The number of aromatic nitrogens is 2. The Kier molecular flexibility index (Phi) is 4.29. The van der Waals surface area contributed by atoms with E-state index in [9.17, 15) is 0 Å². The lowest BCUT2D eigenvalue weighted by Crippen LogP contribution is -2.19. The largest absolute Gasteiger partial charge is 0.306 e. The van der Waals surface area contributed by atoms with Gasteiger partial charge < -0.3 is 4.90 Å². The smallest absolute Gasteiger partial charge is 0.124 e. The summed E-state index contributed by atoms with van der Waals surface area (Å²) < 4.78 is 0.817. The summed E-state index contributed by atoms with van der Waals surface area (Å²) in [5.41, 5.74) is 1.12. The lowest BCUT2D eigenvalue weighted by molar-refractivity contribution is 0.341. The molecule has 4 heteroatoms. The molecule has 0 unspecified atom stereocenters. The first-order chi connectivity index (χ1) is 7.74. The standard InChI is InChI=1S/C12H18BrN3/c1-16-5-2-3-10(4-6-16)7-11-8-15-12(13)9-14-11/h8-10H,2-7H2,1H3/t10-/m0/s1. The van der Waals surface area contributed by atoms with Gasteiger partial charge in [0.2, 0.25) is 0 Å². The van der Waals surface area contributed by atoms with Crippen molar-refractivity contribution in [2.24, 2.45) is 5.92 Å². The molecule has 88 valence electrons. The average Bonchev–Trinajstić information content (AvgIpc) is 2.47. The Labute approximate surface area is 105 Å². The topological polar surface area (TPSA) is 29.0 Å². The van der Waals surface area contributed by atoms with E-state index < -0.39 is 0 Å². The third kappa shape index (κ3) is 3.52. The van der Waals surface area contributed by atoms with Crippen molar-refractivity contribution in [3.63, 3.8) is 0 Å². The molecule has 0 bridgehead atoms. The zero-order valence-corrected chi connectivity index (χ0v) is 11.3. The van der Waals surface area contributed by atoms with E-state index in [-0.39, 0.29) is 0 Å². The van der Waals surface area contributed by atoms with Gasteiger partial charge in [0.15, 0.2) is 0 Å². The fourth-order valence-electron chi connectivity index (χ4n) is 2.25. The molecule has 2 rings (SSSR count). The van der Waals surface area contributed by atoms with Crippen molar-refractivity contribution in [3.8, 4) is 0 Å². The lowest BCUT2D eigenvalue weighted by atomic mass is 9.95. The molecule has 3 nitrogen and oxygen atoms in total. The van der Waals surface area contributed by atoms with Crippen LogP contribution >= 0.6 is 15.9 Å². The van der Waals surface area contributed by atoms with Crippen LogP contribution in [0.5, 0.6) is 0 Å². The first kappa shape index (κ1) is 12.0. The van der Waals surface area contributed by atoms with E-state index in [0.29, 0.717) is 0 Å². The lowest BCUT2D eigenvalue weighted by Gasteiger charge is -2.14. The van der Waals surface area contributed by atoms with Crippen molar-refractivity contribution in [2.75, 3.05) is 20.1 Å². The molecular formula is C12H18BrN3. The molecule has 0 aromatic carbocycles. The molecular weight excluding hydrogens is 266 g/mol. The molecule has 1 atom stereocenters. The van der Waals surface area contributed by atoms with Gasteiger partial charge >= 0.3 is 0 Å². The molecule has 0 saturated carbocycles. The van der Waals surface area contributed by atoms with E-state index in [1.807, 2.05) is 6.20 Å². The normalized spacial score (nSPS) is 23.0. The zero-order valence-electron chi connectivity index (χ0n) is 9.69. The van der Waals surface area contributed by atoms with E-state index >= 15 is 0 Å². The maximum Gasteiger partial charge on any atom is 0.124 e. The van der Waals surface area contributed by atoms with Crippen LogP contribution in [0.25, 0.3) is 0 Å². The van der Waals surface area contributed by atoms with Gasteiger partial charge in [0.1, 0.15) is 4.60 Å². The van der Waals surface area contributed by atoms with Gasteiger partial charge in [-0.05, 0) is 67.7 Å². The second kappa shape index (κ2) is 5.73. The Morgan fingerprint density at radius 2 is 2.19 bits per heavy atom. The average molecular weight is 284 g/mol. The second-order valence-electron chi connectivity index (χ2n) is 4.63.